The highest BCUT2D eigenvalue weighted by Gasteiger charge is 2.24. The summed E-state index contributed by atoms with van der Waals surface area (Å²) in [7, 11) is -3.70. The first-order chi connectivity index (χ1) is 13.0. The third kappa shape index (κ3) is 5.32. The van der Waals surface area contributed by atoms with Crippen molar-refractivity contribution in [2.75, 3.05) is 11.9 Å². The van der Waals surface area contributed by atoms with E-state index in [1.807, 2.05) is 0 Å². The molecule has 0 aromatic heterocycles. The van der Waals surface area contributed by atoms with Gasteiger partial charge in [-0.3, -0.25) is 0 Å². The van der Waals surface area contributed by atoms with Crippen LogP contribution in [0.4, 0.5) is 5.69 Å². The third-order valence-electron chi connectivity index (χ3n) is 5.36. The van der Waals surface area contributed by atoms with Gasteiger partial charge in [-0.25, -0.2) is 17.9 Å². The Kier molecular flexibility index (Phi) is 6.55. The van der Waals surface area contributed by atoms with Gasteiger partial charge in [0.2, 0.25) is 10.0 Å². The Morgan fingerprint density at radius 1 is 1.15 bits per heavy atom. The summed E-state index contributed by atoms with van der Waals surface area (Å²) >= 11 is 0. The van der Waals surface area contributed by atoms with Crippen LogP contribution in [0.15, 0.2) is 34.7 Å². The molecular formula is C20H28N2O4S. The summed E-state index contributed by atoms with van der Waals surface area (Å²) in [5, 5.41) is 12.7. The molecule has 148 valence electrons. The molecule has 3 rings (SSSR count). The summed E-state index contributed by atoms with van der Waals surface area (Å²) in [6.45, 7) is 0.637. The summed E-state index contributed by atoms with van der Waals surface area (Å²) in [6.07, 6.45) is 11.5. The number of sulfonamides is 1. The molecule has 2 aliphatic carbocycles. The van der Waals surface area contributed by atoms with Gasteiger partial charge in [0.15, 0.2) is 0 Å². The Hall–Kier alpha value is -1.86. The predicted molar refractivity (Wildman–Crippen MR) is 106 cm³/mol. The zero-order valence-corrected chi connectivity index (χ0v) is 16.4. The quantitative estimate of drug-likeness (QED) is 0.583. The maximum Gasteiger partial charge on any atom is 0.337 e. The van der Waals surface area contributed by atoms with Gasteiger partial charge in [0.1, 0.15) is 0 Å². The van der Waals surface area contributed by atoms with E-state index < -0.39 is 16.0 Å². The fourth-order valence-electron chi connectivity index (χ4n) is 3.84. The van der Waals surface area contributed by atoms with Crippen molar-refractivity contribution >= 4 is 21.7 Å². The number of aromatic carboxylic acids is 1. The van der Waals surface area contributed by atoms with Gasteiger partial charge in [0, 0.05) is 18.3 Å². The molecule has 6 nitrogen and oxygen atoms in total. The van der Waals surface area contributed by atoms with E-state index in [-0.39, 0.29) is 16.5 Å². The summed E-state index contributed by atoms with van der Waals surface area (Å²) in [6, 6.07) is 4.24. The van der Waals surface area contributed by atoms with Gasteiger partial charge in [-0.05, 0) is 63.1 Å². The van der Waals surface area contributed by atoms with E-state index in [9.17, 15) is 18.3 Å². The van der Waals surface area contributed by atoms with Gasteiger partial charge < -0.3 is 10.4 Å². The van der Waals surface area contributed by atoms with E-state index in [0.29, 0.717) is 12.2 Å². The average Bonchev–Trinajstić information content (AvgIpc) is 3.15. The molecule has 0 bridgehead atoms. The molecule has 1 aromatic rings. The van der Waals surface area contributed by atoms with E-state index >= 15 is 0 Å². The van der Waals surface area contributed by atoms with Crippen LogP contribution in [0.2, 0.25) is 0 Å². The van der Waals surface area contributed by atoms with E-state index in [1.165, 1.54) is 30.5 Å². The van der Waals surface area contributed by atoms with Crippen LogP contribution < -0.4 is 10.0 Å². The lowest BCUT2D eigenvalue weighted by Gasteiger charge is -2.16. The molecule has 1 fully saturated rings. The number of benzene rings is 1. The van der Waals surface area contributed by atoms with Gasteiger partial charge in [-0.1, -0.05) is 24.5 Å². The molecular weight excluding hydrogens is 364 g/mol. The van der Waals surface area contributed by atoms with E-state index in [1.54, 1.807) is 6.07 Å². The highest BCUT2D eigenvalue weighted by molar-refractivity contribution is 7.89. The fraction of sp³-hybridized carbons (Fsp3) is 0.550. The lowest BCUT2D eigenvalue weighted by atomic mass is 9.97. The molecule has 0 saturated heterocycles. The van der Waals surface area contributed by atoms with Gasteiger partial charge >= 0.3 is 5.97 Å². The number of carboxylic acid groups (broad SMARTS) is 1. The molecule has 0 amide bonds. The summed E-state index contributed by atoms with van der Waals surface area (Å²) < 4.78 is 27.8. The number of carbonyl (C=O) groups is 1. The van der Waals surface area contributed by atoms with Gasteiger partial charge in [-0.15, -0.1) is 0 Å². The third-order valence-corrected chi connectivity index (χ3v) is 6.87. The van der Waals surface area contributed by atoms with E-state index in [2.05, 4.69) is 16.1 Å². The zero-order chi connectivity index (χ0) is 19.3. The first-order valence-electron chi connectivity index (χ1n) is 9.77. The topological polar surface area (TPSA) is 95.5 Å². The maximum absolute atomic E-state index is 12.6. The maximum atomic E-state index is 12.6. The summed E-state index contributed by atoms with van der Waals surface area (Å²) in [5.41, 5.74) is 1.85. The highest BCUT2D eigenvalue weighted by Crippen LogP contribution is 2.25. The minimum Gasteiger partial charge on any atom is -0.478 e. The van der Waals surface area contributed by atoms with Crippen LogP contribution in [-0.2, 0) is 10.0 Å². The number of hydrogen-bond acceptors (Lipinski definition) is 4. The Morgan fingerprint density at radius 2 is 1.93 bits per heavy atom. The molecule has 27 heavy (non-hydrogen) atoms. The van der Waals surface area contributed by atoms with E-state index in [4.69, 9.17) is 0 Å². The Bertz CT molecular complexity index is 811. The monoisotopic (exact) mass is 392 g/mol. The second-order valence-corrected chi connectivity index (χ2v) is 9.11. The average molecular weight is 393 g/mol. The number of hydrogen-bond donors (Lipinski definition) is 3. The zero-order valence-electron chi connectivity index (χ0n) is 15.5. The SMILES string of the molecule is O=C(O)c1cc(S(=O)(=O)NC2CCCC2)ccc1NCCC1=CCCCC1. The molecule has 0 unspecified atom stereocenters. The van der Waals surface area contributed by atoms with Crippen molar-refractivity contribution in [3.8, 4) is 0 Å². The largest absolute Gasteiger partial charge is 0.478 e. The molecule has 1 saturated carbocycles. The normalized spacial score (nSPS) is 18.3. The molecule has 0 atom stereocenters. The number of rotatable bonds is 8. The van der Waals surface area contributed by atoms with Crippen LogP contribution in [0, 0.1) is 0 Å². The van der Waals surface area contributed by atoms with Crippen LogP contribution in [0.5, 0.6) is 0 Å². The Morgan fingerprint density at radius 3 is 2.59 bits per heavy atom. The minimum atomic E-state index is -3.70. The molecule has 0 radical (unpaired) electrons. The molecule has 3 N–H and O–H groups in total. The number of allylic oxidation sites excluding steroid dienone is 1. The smallest absolute Gasteiger partial charge is 0.337 e. The van der Waals surface area contributed by atoms with Crippen molar-refractivity contribution in [1.82, 2.24) is 4.72 Å². The van der Waals surface area contributed by atoms with Crippen molar-refractivity contribution in [3.05, 3.63) is 35.4 Å². The molecule has 0 heterocycles. The van der Waals surface area contributed by atoms with Crippen LogP contribution in [0.25, 0.3) is 0 Å². The minimum absolute atomic E-state index is 0.00680. The Balaban J connectivity index is 1.70. The van der Waals surface area contributed by atoms with Gasteiger partial charge in [-0.2, -0.15) is 0 Å². The fourth-order valence-corrected chi connectivity index (χ4v) is 5.17. The van der Waals surface area contributed by atoms with Crippen molar-refractivity contribution in [3.63, 3.8) is 0 Å². The van der Waals surface area contributed by atoms with Gasteiger partial charge in [0.25, 0.3) is 0 Å². The summed E-state index contributed by atoms with van der Waals surface area (Å²) in [5.74, 6) is -1.13. The van der Waals surface area contributed by atoms with Crippen LogP contribution >= 0.6 is 0 Å². The number of nitrogens with one attached hydrogen (secondary N) is 2. The lowest BCUT2D eigenvalue weighted by Crippen LogP contribution is -2.32. The molecule has 0 spiro atoms. The van der Waals surface area contributed by atoms with Crippen molar-refractivity contribution in [2.24, 2.45) is 0 Å². The van der Waals surface area contributed by atoms with E-state index in [0.717, 1.165) is 44.9 Å². The van der Waals surface area contributed by atoms with Crippen LogP contribution in [0.3, 0.4) is 0 Å². The second kappa shape index (κ2) is 8.89. The van der Waals surface area contributed by atoms with Crippen LogP contribution in [-0.4, -0.2) is 32.1 Å². The predicted octanol–water partition coefficient (Wildman–Crippen LogP) is 3.91. The molecule has 1 aromatic carbocycles. The molecule has 2 aliphatic rings. The summed E-state index contributed by atoms with van der Waals surface area (Å²) in [4.78, 5) is 11.7. The van der Waals surface area contributed by atoms with Crippen LogP contribution in [0.1, 0.15) is 68.1 Å². The molecule has 7 heteroatoms. The first-order valence-corrected chi connectivity index (χ1v) is 11.3. The van der Waals surface area contributed by atoms with Crippen molar-refractivity contribution < 1.29 is 18.3 Å². The highest BCUT2D eigenvalue weighted by atomic mass is 32.2. The number of anilines is 1. The van der Waals surface area contributed by atoms with Gasteiger partial charge in [0.05, 0.1) is 10.5 Å². The standard InChI is InChI=1S/C20H28N2O4S/c23-20(24)18-14-17(27(25,26)22-16-8-4-5-9-16)10-11-19(18)21-13-12-15-6-2-1-3-7-15/h6,10-11,14,16,21-22H,1-5,7-9,12-13H2,(H,23,24). The van der Waals surface area contributed by atoms with Crippen molar-refractivity contribution in [1.29, 1.82) is 0 Å². The lowest BCUT2D eigenvalue weighted by molar-refractivity contribution is 0.0697. The van der Waals surface area contributed by atoms with Crippen molar-refractivity contribution in [2.45, 2.75) is 68.7 Å². The first kappa shape index (κ1) is 19.9. The molecule has 0 aliphatic heterocycles. The second-order valence-electron chi connectivity index (χ2n) is 7.40. The number of carboxylic acids is 1. The Labute approximate surface area is 161 Å².